The van der Waals surface area contributed by atoms with Crippen molar-refractivity contribution >= 4 is 76.1 Å². The van der Waals surface area contributed by atoms with Crippen LogP contribution in [-0.2, 0) is 59.2 Å². The van der Waals surface area contributed by atoms with Crippen molar-refractivity contribution in [1.29, 1.82) is 0 Å². The Kier molecular flexibility index (Phi) is 19.5. The molecule has 1 aromatic heterocycles. The number of aliphatic hydroxyl groups excluding tert-OH is 1. The highest BCUT2D eigenvalue weighted by molar-refractivity contribution is 5.96. The quantitative estimate of drug-likeness (QED) is 0.0443. The first kappa shape index (κ1) is 49.0. The molecule has 0 saturated carbocycles. The number of amides is 8. The normalized spacial score (nSPS) is 13.7. The molecule has 328 valence electrons. The Bertz CT molecular complexity index is 1940. The Hall–Kier alpha value is -7.15. The number of carbonyl (C=O) groups is 11. The largest absolute Gasteiger partial charge is 0.481 e. The lowest BCUT2D eigenvalue weighted by Gasteiger charge is -2.21. The number of aromatic nitrogens is 1. The van der Waals surface area contributed by atoms with Gasteiger partial charge in [-0.15, -0.1) is 0 Å². The molecule has 2 rings (SSSR count). The number of aromatic amines is 1. The Morgan fingerprint density at radius 1 is 0.633 bits per heavy atom. The number of H-pyrrole nitrogens is 1. The van der Waals surface area contributed by atoms with E-state index in [1.54, 1.807) is 6.20 Å². The van der Waals surface area contributed by atoms with Crippen molar-refractivity contribution < 1.29 is 73.2 Å². The van der Waals surface area contributed by atoms with Crippen molar-refractivity contribution in [3.05, 3.63) is 36.0 Å². The molecule has 60 heavy (non-hydrogen) atoms. The Balaban J connectivity index is 1.75. The maximum absolute atomic E-state index is 12.6. The van der Waals surface area contributed by atoms with Crippen LogP contribution in [0, 0.1) is 0 Å². The second-order valence-electron chi connectivity index (χ2n) is 13.2. The summed E-state index contributed by atoms with van der Waals surface area (Å²) in [5, 5.41) is 55.0. The lowest BCUT2D eigenvalue weighted by Crippen LogP contribution is -2.56. The maximum atomic E-state index is 12.6. The van der Waals surface area contributed by atoms with E-state index in [-0.39, 0.29) is 6.42 Å². The molecule has 0 radical (unpaired) electrons. The summed E-state index contributed by atoms with van der Waals surface area (Å²) in [4.78, 5) is 136. The van der Waals surface area contributed by atoms with Crippen LogP contribution in [0.2, 0.25) is 0 Å². The zero-order valence-electron chi connectivity index (χ0n) is 32.4. The van der Waals surface area contributed by atoms with Crippen LogP contribution >= 0.6 is 0 Å². The number of benzene rings is 1. The van der Waals surface area contributed by atoms with E-state index in [9.17, 15) is 63.0 Å². The van der Waals surface area contributed by atoms with Crippen LogP contribution in [0.15, 0.2) is 30.5 Å². The molecule has 8 amide bonds. The van der Waals surface area contributed by atoms with Crippen LogP contribution in [0.3, 0.4) is 0 Å². The van der Waals surface area contributed by atoms with Crippen molar-refractivity contribution in [3.63, 3.8) is 0 Å². The van der Waals surface area contributed by atoms with Gasteiger partial charge in [-0.1, -0.05) is 18.2 Å². The summed E-state index contributed by atoms with van der Waals surface area (Å²) in [7, 11) is 0. The number of hydrogen-bond donors (Lipinski definition) is 14. The van der Waals surface area contributed by atoms with Gasteiger partial charge in [0.25, 0.3) is 0 Å². The molecule has 0 aliphatic heterocycles. The van der Waals surface area contributed by atoms with Crippen LogP contribution in [-0.4, -0.2) is 153 Å². The molecule has 6 atom stereocenters. The molecule has 0 bridgehead atoms. The summed E-state index contributed by atoms with van der Waals surface area (Å²) in [5.41, 5.74) is 7.71. The van der Waals surface area contributed by atoms with E-state index in [1.165, 1.54) is 6.92 Å². The fraction of sp³-hybridized carbons (Fsp3) is 0.457. The van der Waals surface area contributed by atoms with E-state index in [4.69, 9.17) is 15.9 Å². The highest BCUT2D eigenvalue weighted by Gasteiger charge is 2.28. The van der Waals surface area contributed by atoms with Crippen molar-refractivity contribution in [1.82, 2.24) is 47.5 Å². The first-order valence-electron chi connectivity index (χ1n) is 18.1. The van der Waals surface area contributed by atoms with Crippen molar-refractivity contribution in [3.8, 4) is 0 Å². The Labute approximate surface area is 340 Å². The van der Waals surface area contributed by atoms with E-state index >= 15 is 0 Å². The number of fused-ring (bicyclic) bond motifs is 1. The minimum atomic E-state index is -1.84. The van der Waals surface area contributed by atoms with Gasteiger partial charge in [0.1, 0.15) is 30.2 Å². The number of carbonyl (C=O) groups excluding carboxylic acids is 8. The number of carboxylic acid groups (broad SMARTS) is 3. The van der Waals surface area contributed by atoms with Gasteiger partial charge in [0.15, 0.2) is 0 Å². The van der Waals surface area contributed by atoms with Crippen LogP contribution in [0.25, 0.3) is 10.9 Å². The molecule has 1 aromatic carbocycles. The predicted molar refractivity (Wildman–Crippen MR) is 204 cm³/mol. The average molecular weight is 849 g/mol. The van der Waals surface area contributed by atoms with Gasteiger partial charge in [0.2, 0.25) is 47.3 Å². The Morgan fingerprint density at radius 3 is 1.82 bits per heavy atom. The monoisotopic (exact) mass is 848 g/mol. The topological polar surface area (TPSA) is 407 Å². The number of aliphatic carboxylic acids is 3. The second-order valence-corrected chi connectivity index (χ2v) is 13.2. The van der Waals surface area contributed by atoms with Gasteiger partial charge in [-0.25, -0.2) is 9.59 Å². The van der Waals surface area contributed by atoms with E-state index in [1.807, 2.05) is 40.2 Å². The van der Waals surface area contributed by atoms with Crippen LogP contribution in [0.5, 0.6) is 0 Å². The molecule has 1 heterocycles. The molecule has 0 unspecified atom stereocenters. The van der Waals surface area contributed by atoms with Crippen LogP contribution in [0.1, 0.15) is 38.7 Å². The molecule has 25 nitrogen and oxygen atoms in total. The fourth-order valence-electron chi connectivity index (χ4n) is 5.13. The fourth-order valence-corrected chi connectivity index (χ4v) is 5.13. The van der Waals surface area contributed by atoms with E-state index < -0.39 is 147 Å². The van der Waals surface area contributed by atoms with E-state index in [0.29, 0.717) is 0 Å². The summed E-state index contributed by atoms with van der Waals surface area (Å²) in [5.74, 6) is -12.0. The van der Waals surface area contributed by atoms with Gasteiger partial charge in [0, 0.05) is 23.5 Å². The van der Waals surface area contributed by atoms with Crippen molar-refractivity contribution in [2.24, 2.45) is 5.73 Å². The maximum Gasteiger partial charge on any atom is 0.326 e. The van der Waals surface area contributed by atoms with Gasteiger partial charge in [-0.2, -0.15) is 0 Å². The lowest BCUT2D eigenvalue weighted by atomic mass is 10.0. The number of para-hydroxylation sites is 1. The summed E-state index contributed by atoms with van der Waals surface area (Å²) in [6, 6.07) is -1.19. The van der Waals surface area contributed by atoms with E-state index in [2.05, 4.69) is 31.6 Å². The molecule has 0 aliphatic carbocycles. The molecule has 0 saturated heterocycles. The molecule has 0 spiro atoms. The molecular weight excluding hydrogens is 800 g/mol. The van der Waals surface area contributed by atoms with Gasteiger partial charge in [-0.05, 0) is 38.3 Å². The third-order valence-corrected chi connectivity index (χ3v) is 8.39. The number of rotatable bonds is 25. The van der Waals surface area contributed by atoms with Gasteiger partial charge < -0.3 is 73.7 Å². The zero-order valence-corrected chi connectivity index (χ0v) is 32.4. The average Bonchev–Trinajstić information content (AvgIpc) is 3.60. The standard InChI is InChI=1S/C35H48N10O15/c1-16(42-32(55)20(36)9-18-11-37-21-6-4-3-5-19(18)21)30(53)39-12-26(48)38-13-27(49)44-23(35(59)60)10-25(47)41-17(2)31(54)45-24(15-46)33(56)40-14-28(50)43-22(34(57)58)7-8-29(51)52/h3-6,11,16-17,20,22-24,37,46H,7-10,12-15,36H2,1-2H3,(H,38,48)(H,39,53)(H,40,56)(H,41,47)(H,42,55)(H,43,50)(H,44,49)(H,45,54)(H,51,52)(H,57,58)(H,59,60)/t16-,17-,20-,22-,23-,24-/m0/s1. The van der Waals surface area contributed by atoms with Gasteiger partial charge >= 0.3 is 17.9 Å². The number of nitrogens with two attached hydrogens (primary N) is 1. The molecule has 0 fully saturated rings. The van der Waals surface area contributed by atoms with Gasteiger partial charge in [0.05, 0.1) is 38.7 Å². The third kappa shape index (κ3) is 16.8. The minimum absolute atomic E-state index is 0.181. The minimum Gasteiger partial charge on any atom is -0.481 e. The third-order valence-electron chi connectivity index (χ3n) is 8.39. The zero-order chi connectivity index (χ0) is 45.1. The Morgan fingerprint density at radius 2 is 1.20 bits per heavy atom. The predicted octanol–water partition coefficient (Wildman–Crippen LogP) is -5.73. The second kappa shape index (κ2) is 23.9. The van der Waals surface area contributed by atoms with Gasteiger partial charge in [-0.3, -0.25) is 43.2 Å². The number of carboxylic acids is 3. The number of nitrogens with one attached hydrogen (secondary N) is 9. The molecule has 2 aromatic rings. The summed E-state index contributed by atoms with van der Waals surface area (Å²) in [6.45, 7) is -0.717. The lowest BCUT2D eigenvalue weighted by molar-refractivity contribution is -0.144. The summed E-state index contributed by atoms with van der Waals surface area (Å²) in [6.07, 6.45) is 0.000425. The first-order chi connectivity index (χ1) is 28.2. The van der Waals surface area contributed by atoms with Crippen LogP contribution < -0.4 is 48.3 Å². The molecular formula is C35H48N10O15. The highest BCUT2D eigenvalue weighted by atomic mass is 16.4. The SMILES string of the molecule is C[C@H](NC(=O)C[C@H](NC(=O)CNC(=O)CNC(=O)[C@H](C)NC(=O)[C@@H](N)Cc1c[nH]c2ccccc12)C(=O)O)C(=O)N[C@@H](CO)C(=O)NCC(=O)N[C@@H](CCC(=O)O)C(=O)O. The van der Waals surface area contributed by atoms with Crippen molar-refractivity contribution in [2.75, 3.05) is 26.2 Å². The number of aliphatic hydroxyl groups is 1. The molecule has 25 heteroatoms. The summed E-state index contributed by atoms with van der Waals surface area (Å²) >= 11 is 0. The smallest absolute Gasteiger partial charge is 0.326 e. The first-order valence-corrected chi connectivity index (χ1v) is 18.1. The summed E-state index contributed by atoms with van der Waals surface area (Å²) < 4.78 is 0. The van der Waals surface area contributed by atoms with E-state index in [0.717, 1.165) is 23.4 Å². The van der Waals surface area contributed by atoms with Crippen LogP contribution in [0.4, 0.5) is 0 Å². The number of hydrogen-bond acceptors (Lipinski definition) is 13. The molecule has 15 N–H and O–H groups in total. The highest BCUT2D eigenvalue weighted by Crippen LogP contribution is 2.18. The molecule has 0 aliphatic rings. The van der Waals surface area contributed by atoms with Crippen molar-refractivity contribution in [2.45, 2.75) is 75.8 Å².